The Labute approximate surface area is 269 Å². The number of nitrogens with one attached hydrogen (secondary N) is 3. The van der Waals surface area contributed by atoms with E-state index in [0.717, 1.165) is 18.4 Å². The van der Waals surface area contributed by atoms with Gasteiger partial charge in [-0.2, -0.15) is 4.31 Å². The minimum Gasteiger partial charge on any atom is -0.465 e. The van der Waals surface area contributed by atoms with Gasteiger partial charge in [0.1, 0.15) is 11.9 Å². The standard InChI is InChI=1S/C32H42ClFN4O6S/c1-32(2)15-14-21(19-44-32)28(20-8-10-22(33)11-9-20)29(37-31(40)41)30(39)36-27-7-3-6-26(34)25(27)13-12-24-17-35-23-5-4-16-45(42,43)38(24)18-23/h3,6-11,21,23-24,28-29,35,37H,4-5,12-19H2,1-2H3,(H,36,39)(H,40,41)/t21?,23-,24+,28+,29+/m1/s1. The molecule has 0 aromatic heterocycles. The van der Waals surface area contributed by atoms with Gasteiger partial charge in [-0.05, 0) is 88.1 Å². The molecule has 4 N–H and O–H groups in total. The molecule has 3 fully saturated rings. The van der Waals surface area contributed by atoms with Gasteiger partial charge in [0, 0.05) is 47.4 Å². The topological polar surface area (TPSA) is 137 Å². The van der Waals surface area contributed by atoms with E-state index in [-0.39, 0.29) is 47.0 Å². The van der Waals surface area contributed by atoms with Crippen molar-refractivity contribution in [3.8, 4) is 0 Å². The van der Waals surface area contributed by atoms with Crippen molar-refractivity contribution in [3.63, 3.8) is 0 Å². The molecule has 3 aliphatic rings. The van der Waals surface area contributed by atoms with E-state index >= 15 is 4.39 Å². The van der Waals surface area contributed by atoms with Crippen LogP contribution in [0.1, 0.15) is 63.0 Å². The number of rotatable bonds is 9. The Morgan fingerprint density at radius 2 is 1.96 bits per heavy atom. The largest absolute Gasteiger partial charge is 0.465 e. The van der Waals surface area contributed by atoms with Crippen LogP contribution in [0.2, 0.25) is 5.02 Å². The molecule has 3 saturated heterocycles. The Morgan fingerprint density at radius 3 is 2.64 bits per heavy atom. The van der Waals surface area contributed by atoms with Crippen molar-refractivity contribution in [1.82, 2.24) is 14.9 Å². The minimum atomic E-state index is -3.42. The molecule has 5 rings (SSSR count). The van der Waals surface area contributed by atoms with Crippen molar-refractivity contribution in [1.29, 1.82) is 0 Å². The highest BCUT2D eigenvalue weighted by molar-refractivity contribution is 7.89. The number of carbonyl (C=O) groups is 2. The second-order valence-corrected chi connectivity index (χ2v) is 15.4. The molecule has 10 nitrogen and oxygen atoms in total. The van der Waals surface area contributed by atoms with E-state index in [4.69, 9.17) is 16.3 Å². The second-order valence-electron chi connectivity index (χ2n) is 13.0. The lowest BCUT2D eigenvalue weighted by Gasteiger charge is -2.40. The van der Waals surface area contributed by atoms with Crippen LogP contribution in [-0.2, 0) is 26.0 Å². The van der Waals surface area contributed by atoms with Crippen molar-refractivity contribution in [3.05, 3.63) is 64.4 Å². The summed E-state index contributed by atoms with van der Waals surface area (Å²) in [7, 11) is -3.42. The zero-order valence-electron chi connectivity index (χ0n) is 25.6. The monoisotopic (exact) mass is 664 g/mol. The van der Waals surface area contributed by atoms with Crippen molar-refractivity contribution in [2.24, 2.45) is 5.92 Å². The van der Waals surface area contributed by atoms with Gasteiger partial charge in [-0.3, -0.25) is 4.79 Å². The summed E-state index contributed by atoms with van der Waals surface area (Å²) in [6.07, 6.45) is 1.97. The molecule has 2 unspecified atom stereocenters. The van der Waals surface area contributed by atoms with Gasteiger partial charge in [-0.25, -0.2) is 17.6 Å². The highest BCUT2D eigenvalue weighted by atomic mass is 35.5. The summed E-state index contributed by atoms with van der Waals surface area (Å²) < 4.78 is 48.8. The van der Waals surface area contributed by atoms with Gasteiger partial charge in [0.05, 0.1) is 18.0 Å². The molecule has 3 aliphatic heterocycles. The number of hydrogen-bond donors (Lipinski definition) is 4. The van der Waals surface area contributed by atoms with Gasteiger partial charge in [0.25, 0.3) is 0 Å². The number of anilines is 1. The number of carbonyl (C=O) groups excluding carboxylic acids is 1. The molecule has 2 aromatic carbocycles. The van der Waals surface area contributed by atoms with Crippen LogP contribution in [0.15, 0.2) is 42.5 Å². The van der Waals surface area contributed by atoms with Crippen LogP contribution in [0, 0.1) is 11.7 Å². The van der Waals surface area contributed by atoms with Crippen molar-refractivity contribution in [2.75, 3.05) is 30.8 Å². The molecule has 0 spiro atoms. The SMILES string of the molecule is CC1(C)CCC([C@H](c2ccc(Cl)cc2)[C@H](NC(=O)O)C(=O)Nc2cccc(F)c2CC[C@H]2CN[C@@H]3CCCS(=O)(=O)N2C3)CO1. The summed E-state index contributed by atoms with van der Waals surface area (Å²) in [6, 6.07) is 9.85. The van der Waals surface area contributed by atoms with Crippen molar-refractivity contribution in [2.45, 2.75) is 82.0 Å². The third-order valence-corrected chi connectivity index (χ3v) is 11.6. The van der Waals surface area contributed by atoms with Gasteiger partial charge in [-0.15, -0.1) is 0 Å². The van der Waals surface area contributed by atoms with E-state index in [9.17, 15) is 23.1 Å². The normalized spacial score (nSPS) is 27.0. The summed E-state index contributed by atoms with van der Waals surface area (Å²) in [6.45, 7) is 5.18. The van der Waals surface area contributed by atoms with E-state index in [1.54, 1.807) is 34.6 Å². The number of halogens is 2. The Morgan fingerprint density at radius 1 is 1.20 bits per heavy atom. The highest BCUT2D eigenvalue weighted by Crippen LogP contribution is 2.39. The zero-order valence-corrected chi connectivity index (χ0v) is 27.2. The average molecular weight is 665 g/mol. The molecule has 2 bridgehead atoms. The first kappa shape index (κ1) is 33.6. The van der Waals surface area contributed by atoms with Gasteiger partial charge in [-0.1, -0.05) is 29.8 Å². The molecule has 2 amide bonds. The van der Waals surface area contributed by atoms with Crippen molar-refractivity contribution >= 4 is 39.3 Å². The quantitative estimate of drug-likeness (QED) is 0.304. The summed E-state index contributed by atoms with van der Waals surface area (Å²) in [4.78, 5) is 26.1. The maximum Gasteiger partial charge on any atom is 0.405 e. The third-order valence-electron chi connectivity index (χ3n) is 9.35. The van der Waals surface area contributed by atoms with E-state index in [2.05, 4.69) is 16.0 Å². The lowest BCUT2D eigenvalue weighted by atomic mass is 9.75. The maximum absolute atomic E-state index is 15.3. The molecule has 13 heteroatoms. The number of sulfonamides is 1. The molecule has 0 aliphatic carbocycles. The smallest absolute Gasteiger partial charge is 0.405 e. The summed E-state index contributed by atoms with van der Waals surface area (Å²) in [5.74, 6) is -1.86. The van der Waals surface area contributed by atoms with Crippen LogP contribution in [0.25, 0.3) is 0 Å². The first-order valence-corrected chi connectivity index (χ1v) is 17.5. The molecule has 0 saturated carbocycles. The van der Waals surface area contributed by atoms with Gasteiger partial charge in [0.2, 0.25) is 15.9 Å². The Kier molecular flexibility index (Phi) is 10.4. The number of fused-ring (bicyclic) bond motifs is 2. The molecule has 45 heavy (non-hydrogen) atoms. The predicted octanol–water partition coefficient (Wildman–Crippen LogP) is 4.74. The maximum atomic E-state index is 15.3. The van der Waals surface area contributed by atoms with Gasteiger partial charge < -0.3 is 25.8 Å². The molecule has 6 atom stereocenters. The number of carboxylic acid groups (broad SMARTS) is 1. The van der Waals surface area contributed by atoms with E-state index in [1.165, 1.54) is 12.1 Å². The predicted molar refractivity (Wildman–Crippen MR) is 171 cm³/mol. The third kappa shape index (κ3) is 8.15. The van der Waals surface area contributed by atoms with Crippen LogP contribution in [0.5, 0.6) is 0 Å². The summed E-state index contributed by atoms with van der Waals surface area (Å²) >= 11 is 6.15. The molecular formula is C32H42ClFN4O6S. The molecule has 246 valence electrons. The molecule has 0 radical (unpaired) electrons. The Balaban J connectivity index is 1.40. The molecular weight excluding hydrogens is 623 g/mol. The van der Waals surface area contributed by atoms with E-state index in [0.29, 0.717) is 44.0 Å². The fraction of sp³-hybridized carbons (Fsp3) is 0.562. The number of nitrogens with zero attached hydrogens (tertiary/aromatic N) is 1. The van der Waals surface area contributed by atoms with E-state index < -0.39 is 39.8 Å². The Hall–Kier alpha value is -2.77. The fourth-order valence-electron chi connectivity index (χ4n) is 6.87. The fourth-order valence-corrected chi connectivity index (χ4v) is 8.81. The lowest BCUT2D eigenvalue weighted by Crippen LogP contribution is -2.57. The van der Waals surface area contributed by atoms with Gasteiger partial charge >= 0.3 is 6.09 Å². The van der Waals surface area contributed by atoms with Crippen LogP contribution in [0.3, 0.4) is 0 Å². The number of benzene rings is 2. The zero-order chi connectivity index (χ0) is 32.4. The van der Waals surface area contributed by atoms with Gasteiger partial charge in [0.15, 0.2) is 0 Å². The minimum absolute atomic E-state index is 0.0962. The summed E-state index contributed by atoms with van der Waals surface area (Å²) in [5.41, 5.74) is 0.841. The van der Waals surface area contributed by atoms with Crippen LogP contribution < -0.4 is 16.0 Å². The van der Waals surface area contributed by atoms with Crippen molar-refractivity contribution < 1.29 is 32.2 Å². The second kappa shape index (κ2) is 13.9. The van der Waals surface area contributed by atoms with E-state index in [1.807, 2.05) is 13.8 Å². The van der Waals surface area contributed by atoms with Crippen LogP contribution >= 0.6 is 11.6 Å². The van der Waals surface area contributed by atoms with Crippen LogP contribution in [0.4, 0.5) is 14.9 Å². The number of piperazine rings is 1. The first-order valence-electron chi connectivity index (χ1n) is 15.5. The Bertz CT molecular complexity index is 1480. The average Bonchev–Trinajstić information content (AvgIpc) is 3.09. The summed E-state index contributed by atoms with van der Waals surface area (Å²) in [5, 5.41) is 19.0. The highest BCUT2D eigenvalue weighted by Gasteiger charge is 2.41. The molecule has 3 heterocycles. The first-order chi connectivity index (χ1) is 21.3. The number of amides is 2. The molecule has 2 aromatic rings. The number of ether oxygens (including phenoxy) is 1. The van der Waals surface area contributed by atoms with Crippen LogP contribution in [-0.4, -0.2) is 79.0 Å². The number of hydrogen-bond acceptors (Lipinski definition) is 6. The lowest BCUT2D eigenvalue weighted by molar-refractivity contribution is -0.120.